The SMILES string of the molecule is C=C(NCC)C(C1CCCC1)N(C)C(=C)C1CCCC1c1ccccc1. The molecule has 0 amide bonds. The first-order valence-corrected chi connectivity index (χ1v) is 10.5. The first kappa shape index (κ1) is 19.1. The van der Waals surface area contributed by atoms with E-state index in [2.05, 4.69) is 67.7 Å². The normalized spacial score (nSPS) is 24.4. The van der Waals surface area contributed by atoms with Gasteiger partial charge in [0.25, 0.3) is 0 Å². The third-order valence-corrected chi connectivity index (χ3v) is 6.65. The van der Waals surface area contributed by atoms with Gasteiger partial charge in [0.1, 0.15) is 0 Å². The molecule has 0 bridgehead atoms. The van der Waals surface area contributed by atoms with Crippen LogP contribution < -0.4 is 5.32 Å². The molecule has 142 valence electrons. The zero-order valence-corrected chi connectivity index (χ0v) is 16.7. The lowest BCUT2D eigenvalue weighted by Gasteiger charge is -2.40. The van der Waals surface area contributed by atoms with Crippen molar-refractivity contribution >= 4 is 0 Å². The molecule has 0 aliphatic heterocycles. The van der Waals surface area contributed by atoms with E-state index in [1.807, 2.05) is 0 Å². The van der Waals surface area contributed by atoms with Crippen LogP contribution in [0.3, 0.4) is 0 Å². The van der Waals surface area contributed by atoms with E-state index in [0.29, 0.717) is 23.8 Å². The number of benzene rings is 1. The summed E-state index contributed by atoms with van der Waals surface area (Å²) in [6.45, 7) is 12.1. The second-order valence-corrected chi connectivity index (χ2v) is 8.20. The van der Waals surface area contributed by atoms with Gasteiger partial charge in [0.2, 0.25) is 0 Å². The molecule has 26 heavy (non-hydrogen) atoms. The third kappa shape index (κ3) is 4.00. The second-order valence-electron chi connectivity index (χ2n) is 8.20. The summed E-state index contributed by atoms with van der Waals surface area (Å²) in [6.07, 6.45) is 9.20. The van der Waals surface area contributed by atoms with E-state index < -0.39 is 0 Å². The van der Waals surface area contributed by atoms with E-state index in [0.717, 1.165) is 6.54 Å². The Morgan fingerprint density at radius 2 is 1.77 bits per heavy atom. The van der Waals surface area contributed by atoms with E-state index >= 15 is 0 Å². The average molecular weight is 353 g/mol. The van der Waals surface area contributed by atoms with E-state index in [1.165, 1.54) is 61.9 Å². The summed E-state index contributed by atoms with van der Waals surface area (Å²) in [5.41, 5.74) is 3.97. The van der Waals surface area contributed by atoms with E-state index in [9.17, 15) is 0 Å². The number of hydrogen-bond acceptors (Lipinski definition) is 2. The maximum Gasteiger partial charge on any atom is 0.0704 e. The topological polar surface area (TPSA) is 15.3 Å². The van der Waals surface area contributed by atoms with Gasteiger partial charge >= 0.3 is 0 Å². The van der Waals surface area contributed by atoms with Crippen LogP contribution in [0.4, 0.5) is 0 Å². The van der Waals surface area contributed by atoms with Crippen LogP contribution in [0, 0.1) is 11.8 Å². The Kier molecular flexibility index (Phi) is 6.45. The van der Waals surface area contributed by atoms with Crippen molar-refractivity contribution in [3.63, 3.8) is 0 Å². The molecule has 2 heteroatoms. The van der Waals surface area contributed by atoms with Crippen molar-refractivity contribution < 1.29 is 0 Å². The van der Waals surface area contributed by atoms with Crippen molar-refractivity contribution in [2.45, 2.75) is 63.8 Å². The molecule has 0 heterocycles. The molecule has 2 nitrogen and oxygen atoms in total. The number of allylic oxidation sites excluding steroid dienone is 1. The lowest BCUT2D eigenvalue weighted by atomic mass is 9.85. The Morgan fingerprint density at radius 1 is 1.08 bits per heavy atom. The molecular weight excluding hydrogens is 316 g/mol. The second kappa shape index (κ2) is 8.79. The smallest absolute Gasteiger partial charge is 0.0704 e. The number of likely N-dealkylation sites (N-methyl/N-ethyl adjacent to an activating group) is 2. The molecule has 2 aliphatic rings. The first-order valence-electron chi connectivity index (χ1n) is 10.5. The molecule has 3 unspecified atom stereocenters. The van der Waals surface area contributed by atoms with Gasteiger partial charge in [-0.3, -0.25) is 0 Å². The Morgan fingerprint density at radius 3 is 2.42 bits per heavy atom. The molecule has 3 rings (SSSR count). The molecule has 0 radical (unpaired) electrons. The number of hydrogen-bond donors (Lipinski definition) is 1. The fourth-order valence-electron chi connectivity index (χ4n) is 5.34. The highest BCUT2D eigenvalue weighted by atomic mass is 15.2. The van der Waals surface area contributed by atoms with Crippen LogP contribution in [0.25, 0.3) is 0 Å². The molecule has 0 aromatic heterocycles. The minimum absolute atomic E-state index is 0.377. The summed E-state index contributed by atoms with van der Waals surface area (Å²) >= 11 is 0. The molecule has 1 aromatic rings. The highest BCUT2D eigenvalue weighted by molar-refractivity contribution is 5.26. The predicted octanol–water partition coefficient (Wildman–Crippen LogP) is 5.70. The minimum atomic E-state index is 0.377. The number of rotatable bonds is 8. The maximum absolute atomic E-state index is 4.60. The van der Waals surface area contributed by atoms with Gasteiger partial charge in [0.05, 0.1) is 6.04 Å². The first-order chi connectivity index (χ1) is 12.6. The van der Waals surface area contributed by atoms with Crippen molar-refractivity contribution in [1.82, 2.24) is 10.2 Å². The largest absolute Gasteiger partial charge is 0.387 e. The van der Waals surface area contributed by atoms with E-state index in [1.54, 1.807) is 0 Å². The summed E-state index contributed by atoms with van der Waals surface area (Å²) in [4.78, 5) is 2.48. The lowest BCUT2D eigenvalue weighted by molar-refractivity contribution is 0.219. The van der Waals surface area contributed by atoms with Gasteiger partial charge in [-0.2, -0.15) is 0 Å². The standard InChI is InChI=1S/C24H36N2/c1-5-25-18(2)24(21-14-9-10-15-21)26(4)19(3)22-16-11-17-23(22)20-12-7-6-8-13-20/h6-8,12-13,21-25H,2-3,5,9-11,14-17H2,1,4H3. The predicted molar refractivity (Wildman–Crippen MR) is 112 cm³/mol. The van der Waals surface area contributed by atoms with Gasteiger partial charge in [-0.25, -0.2) is 0 Å². The van der Waals surface area contributed by atoms with Crippen LogP contribution in [-0.2, 0) is 0 Å². The van der Waals surface area contributed by atoms with Crippen LogP contribution in [0.2, 0.25) is 0 Å². The summed E-state index contributed by atoms with van der Waals surface area (Å²) in [6, 6.07) is 11.4. The number of nitrogens with zero attached hydrogens (tertiary/aromatic N) is 1. The van der Waals surface area contributed by atoms with Crippen LogP contribution in [-0.4, -0.2) is 24.5 Å². The lowest BCUT2D eigenvalue weighted by Crippen LogP contribution is -2.43. The fourth-order valence-corrected chi connectivity index (χ4v) is 5.34. The Bertz CT molecular complexity index is 600. The van der Waals surface area contributed by atoms with Crippen molar-refractivity contribution in [3.8, 4) is 0 Å². The van der Waals surface area contributed by atoms with Gasteiger partial charge in [0.15, 0.2) is 0 Å². The molecule has 3 atom stereocenters. The third-order valence-electron chi connectivity index (χ3n) is 6.65. The van der Waals surface area contributed by atoms with Gasteiger partial charge in [-0.15, -0.1) is 0 Å². The molecule has 1 N–H and O–H groups in total. The van der Waals surface area contributed by atoms with E-state index in [-0.39, 0.29) is 0 Å². The van der Waals surface area contributed by atoms with Crippen molar-refractivity contribution in [1.29, 1.82) is 0 Å². The summed E-state index contributed by atoms with van der Waals surface area (Å²) in [7, 11) is 2.26. The average Bonchev–Trinajstić information content (AvgIpc) is 3.34. The van der Waals surface area contributed by atoms with Crippen molar-refractivity contribution in [2.24, 2.45) is 11.8 Å². The molecule has 2 fully saturated rings. The summed E-state index contributed by atoms with van der Waals surface area (Å²) in [5.74, 6) is 1.88. The zero-order valence-electron chi connectivity index (χ0n) is 16.7. The van der Waals surface area contributed by atoms with Crippen LogP contribution >= 0.6 is 0 Å². The fraction of sp³-hybridized carbons (Fsp3) is 0.583. The van der Waals surface area contributed by atoms with Crippen molar-refractivity contribution in [3.05, 3.63) is 60.4 Å². The minimum Gasteiger partial charge on any atom is -0.387 e. The van der Waals surface area contributed by atoms with Gasteiger partial charge in [-0.05, 0) is 50.0 Å². The molecule has 1 aromatic carbocycles. The highest BCUT2D eigenvalue weighted by Gasteiger charge is 2.36. The molecule has 2 saturated carbocycles. The summed E-state index contributed by atoms with van der Waals surface area (Å²) in [5, 5.41) is 3.51. The van der Waals surface area contributed by atoms with Crippen LogP contribution in [0.15, 0.2) is 54.9 Å². The quantitative estimate of drug-likeness (QED) is 0.646. The molecule has 2 aliphatic carbocycles. The Labute approximate surface area is 160 Å². The van der Waals surface area contributed by atoms with Crippen molar-refractivity contribution in [2.75, 3.05) is 13.6 Å². The van der Waals surface area contributed by atoms with Crippen LogP contribution in [0.5, 0.6) is 0 Å². The Balaban J connectivity index is 1.78. The highest BCUT2D eigenvalue weighted by Crippen LogP contribution is 2.45. The molecule has 0 spiro atoms. The van der Waals surface area contributed by atoms with Gasteiger partial charge in [0, 0.05) is 30.9 Å². The van der Waals surface area contributed by atoms with Gasteiger partial charge < -0.3 is 10.2 Å². The maximum atomic E-state index is 4.60. The molecular formula is C24H36N2. The summed E-state index contributed by atoms with van der Waals surface area (Å²) < 4.78 is 0. The van der Waals surface area contributed by atoms with Gasteiger partial charge in [-0.1, -0.05) is 62.8 Å². The molecule has 0 saturated heterocycles. The van der Waals surface area contributed by atoms with Crippen LogP contribution in [0.1, 0.15) is 63.4 Å². The number of nitrogens with one attached hydrogen (secondary N) is 1. The van der Waals surface area contributed by atoms with E-state index in [4.69, 9.17) is 0 Å². The Hall–Kier alpha value is -1.70. The zero-order chi connectivity index (χ0) is 18.5. The monoisotopic (exact) mass is 352 g/mol.